The Balaban J connectivity index is 1.75. The van der Waals surface area contributed by atoms with Crippen LogP contribution in [0.5, 0.6) is 11.5 Å². The van der Waals surface area contributed by atoms with E-state index in [2.05, 4.69) is 0 Å². The predicted molar refractivity (Wildman–Crippen MR) is 115 cm³/mol. The van der Waals surface area contributed by atoms with E-state index in [1.807, 2.05) is 55.5 Å². The molecule has 3 aromatic carbocycles. The van der Waals surface area contributed by atoms with Crippen molar-refractivity contribution in [1.29, 1.82) is 0 Å². The summed E-state index contributed by atoms with van der Waals surface area (Å²) in [7, 11) is 0. The lowest BCUT2D eigenvalue weighted by Crippen LogP contribution is -2.51. The molecule has 154 valence electrons. The van der Waals surface area contributed by atoms with Gasteiger partial charge in [-0.1, -0.05) is 54.1 Å². The molecule has 2 aliphatic rings. The van der Waals surface area contributed by atoms with E-state index in [1.54, 1.807) is 24.3 Å². The number of hydrogen-bond donors (Lipinski definition) is 2. The molecule has 0 radical (unpaired) electrons. The van der Waals surface area contributed by atoms with E-state index in [-0.39, 0.29) is 5.92 Å². The molecule has 30 heavy (non-hydrogen) atoms. The first-order valence-electron chi connectivity index (χ1n) is 10.2. The lowest BCUT2D eigenvalue weighted by Gasteiger charge is -2.40. The smallest absolute Gasteiger partial charge is 0.176 e. The zero-order chi connectivity index (χ0) is 20.9. The summed E-state index contributed by atoms with van der Waals surface area (Å²) in [6, 6.07) is 22.6. The molecule has 0 aromatic heterocycles. The Bertz CT molecular complexity index is 1070. The average molecular weight is 423 g/mol. The minimum Gasteiger partial charge on any atom is -0.494 e. The van der Waals surface area contributed by atoms with Gasteiger partial charge in [-0.15, -0.1) is 0 Å². The maximum Gasteiger partial charge on any atom is 0.176 e. The maximum absolute atomic E-state index is 12.1. The number of halogens is 1. The lowest BCUT2D eigenvalue weighted by molar-refractivity contribution is -0.149. The SMILES string of the molecule is CCOc1ccc2c(c1)O[C@@]1(c3ccc(Cl)cc3)[C@H](c3ccccc3)C[C@H](O)[C@@]21O. The van der Waals surface area contributed by atoms with Crippen molar-refractivity contribution in [3.05, 3.63) is 94.5 Å². The van der Waals surface area contributed by atoms with Crippen LogP contribution in [0.1, 0.15) is 36.0 Å². The van der Waals surface area contributed by atoms with Gasteiger partial charge in [0, 0.05) is 22.6 Å². The van der Waals surface area contributed by atoms with Gasteiger partial charge in [0.2, 0.25) is 0 Å². The number of fused-ring (bicyclic) bond motifs is 3. The van der Waals surface area contributed by atoms with E-state index < -0.39 is 17.3 Å². The highest BCUT2D eigenvalue weighted by atomic mass is 35.5. The van der Waals surface area contributed by atoms with Crippen LogP contribution >= 0.6 is 11.6 Å². The molecule has 1 aliphatic heterocycles. The van der Waals surface area contributed by atoms with Crippen molar-refractivity contribution >= 4 is 11.6 Å². The molecular weight excluding hydrogens is 400 g/mol. The summed E-state index contributed by atoms with van der Waals surface area (Å²) in [4.78, 5) is 0. The minimum absolute atomic E-state index is 0.261. The highest BCUT2D eigenvalue weighted by Gasteiger charge is 2.72. The van der Waals surface area contributed by atoms with Gasteiger partial charge in [0.15, 0.2) is 11.2 Å². The summed E-state index contributed by atoms with van der Waals surface area (Å²) in [6.45, 7) is 2.45. The van der Waals surface area contributed by atoms with Crippen LogP contribution < -0.4 is 9.47 Å². The van der Waals surface area contributed by atoms with Crippen LogP contribution in [0, 0.1) is 0 Å². The molecule has 5 rings (SSSR count). The third kappa shape index (κ3) is 2.54. The Labute approximate surface area is 180 Å². The first-order chi connectivity index (χ1) is 14.5. The number of rotatable bonds is 4. The van der Waals surface area contributed by atoms with Crippen molar-refractivity contribution in [2.45, 2.75) is 36.6 Å². The Morgan fingerprint density at radius 3 is 2.50 bits per heavy atom. The number of benzene rings is 3. The average Bonchev–Trinajstić information content (AvgIpc) is 3.15. The fourth-order valence-electron chi connectivity index (χ4n) is 5.17. The highest BCUT2D eigenvalue weighted by molar-refractivity contribution is 6.30. The molecule has 1 saturated carbocycles. The molecule has 5 heteroatoms. The van der Waals surface area contributed by atoms with Gasteiger partial charge in [-0.2, -0.15) is 0 Å². The fourth-order valence-corrected chi connectivity index (χ4v) is 5.29. The number of aliphatic hydroxyl groups is 2. The summed E-state index contributed by atoms with van der Waals surface area (Å²) in [5.74, 6) is 0.928. The monoisotopic (exact) mass is 422 g/mol. The summed E-state index contributed by atoms with van der Waals surface area (Å²) in [5.41, 5.74) is -0.450. The van der Waals surface area contributed by atoms with E-state index >= 15 is 0 Å². The van der Waals surface area contributed by atoms with Crippen LogP contribution in [0.25, 0.3) is 0 Å². The standard InChI is InChI=1S/C25H23ClO4/c1-2-29-19-12-13-20-22(14-19)30-25(17-8-10-18(26)11-9-17)21(15-23(27)24(20,25)28)16-6-4-3-5-7-16/h3-14,21,23,27-28H,2,15H2,1H3/t21-,23-,24-,25-/m0/s1. The van der Waals surface area contributed by atoms with E-state index in [4.69, 9.17) is 21.1 Å². The quantitative estimate of drug-likeness (QED) is 0.636. The van der Waals surface area contributed by atoms with Crippen molar-refractivity contribution in [1.82, 2.24) is 0 Å². The van der Waals surface area contributed by atoms with Gasteiger partial charge in [0.05, 0.1) is 12.7 Å². The van der Waals surface area contributed by atoms with E-state index in [0.29, 0.717) is 35.1 Å². The second-order valence-electron chi connectivity index (χ2n) is 7.92. The topological polar surface area (TPSA) is 58.9 Å². The first-order valence-corrected chi connectivity index (χ1v) is 10.6. The lowest BCUT2D eigenvalue weighted by atomic mass is 9.71. The molecule has 0 amide bonds. The van der Waals surface area contributed by atoms with Crippen LogP contribution in [0.15, 0.2) is 72.8 Å². The first kappa shape index (κ1) is 19.4. The molecular formula is C25H23ClO4. The third-order valence-electron chi connectivity index (χ3n) is 6.42. The Hall–Kier alpha value is -2.53. The van der Waals surface area contributed by atoms with Crippen LogP contribution in [0.2, 0.25) is 5.02 Å². The van der Waals surface area contributed by atoms with Crippen LogP contribution in [-0.4, -0.2) is 22.9 Å². The van der Waals surface area contributed by atoms with E-state index in [9.17, 15) is 10.2 Å². The molecule has 0 unspecified atom stereocenters. The zero-order valence-corrected chi connectivity index (χ0v) is 17.3. The molecule has 1 heterocycles. The van der Waals surface area contributed by atoms with Gasteiger partial charge in [-0.05, 0) is 48.7 Å². The molecule has 0 bridgehead atoms. The summed E-state index contributed by atoms with van der Waals surface area (Å²) in [6.07, 6.45) is -0.631. The van der Waals surface area contributed by atoms with Crippen molar-refractivity contribution in [3.8, 4) is 11.5 Å². The third-order valence-corrected chi connectivity index (χ3v) is 6.67. The van der Waals surface area contributed by atoms with Gasteiger partial charge in [0.1, 0.15) is 11.5 Å². The second-order valence-corrected chi connectivity index (χ2v) is 8.35. The number of hydrogen-bond acceptors (Lipinski definition) is 4. The van der Waals surface area contributed by atoms with Gasteiger partial charge < -0.3 is 19.7 Å². The summed E-state index contributed by atoms with van der Waals surface area (Å²) in [5, 5.41) is 23.9. The predicted octanol–water partition coefficient (Wildman–Crippen LogP) is 4.76. The maximum atomic E-state index is 12.1. The molecule has 4 atom stereocenters. The van der Waals surface area contributed by atoms with Gasteiger partial charge in [-0.25, -0.2) is 0 Å². The highest BCUT2D eigenvalue weighted by Crippen LogP contribution is 2.66. The Kier molecular flexibility index (Phi) is 4.55. The van der Waals surface area contributed by atoms with E-state index in [0.717, 1.165) is 11.1 Å². The van der Waals surface area contributed by atoms with Crippen LogP contribution in [0.4, 0.5) is 0 Å². The number of ether oxygens (including phenoxy) is 2. The van der Waals surface area contributed by atoms with Crippen LogP contribution in [0.3, 0.4) is 0 Å². The van der Waals surface area contributed by atoms with Crippen molar-refractivity contribution in [2.24, 2.45) is 0 Å². The van der Waals surface area contributed by atoms with Crippen molar-refractivity contribution in [2.75, 3.05) is 6.61 Å². The van der Waals surface area contributed by atoms with E-state index in [1.165, 1.54) is 0 Å². The molecule has 1 aliphatic carbocycles. The van der Waals surface area contributed by atoms with Gasteiger partial charge in [-0.3, -0.25) is 0 Å². The zero-order valence-electron chi connectivity index (χ0n) is 16.6. The number of aliphatic hydroxyl groups excluding tert-OH is 1. The van der Waals surface area contributed by atoms with Crippen molar-refractivity contribution in [3.63, 3.8) is 0 Å². The van der Waals surface area contributed by atoms with Crippen LogP contribution in [-0.2, 0) is 11.2 Å². The molecule has 3 aromatic rings. The van der Waals surface area contributed by atoms with Gasteiger partial charge in [0.25, 0.3) is 0 Å². The molecule has 0 saturated heterocycles. The fraction of sp³-hybridized carbons (Fsp3) is 0.280. The largest absolute Gasteiger partial charge is 0.494 e. The Morgan fingerprint density at radius 2 is 1.80 bits per heavy atom. The molecule has 2 N–H and O–H groups in total. The second kappa shape index (κ2) is 7.02. The summed E-state index contributed by atoms with van der Waals surface area (Å²) < 4.78 is 12.3. The summed E-state index contributed by atoms with van der Waals surface area (Å²) >= 11 is 6.15. The van der Waals surface area contributed by atoms with Gasteiger partial charge >= 0.3 is 0 Å². The molecule has 1 fully saturated rings. The van der Waals surface area contributed by atoms with Crippen molar-refractivity contribution < 1.29 is 19.7 Å². The minimum atomic E-state index is -1.61. The molecule has 0 spiro atoms. The normalized spacial score (nSPS) is 29.2. The molecule has 4 nitrogen and oxygen atoms in total. The Morgan fingerprint density at radius 1 is 1.07 bits per heavy atom.